The van der Waals surface area contributed by atoms with Crippen molar-refractivity contribution in [1.82, 2.24) is 4.98 Å². The van der Waals surface area contributed by atoms with Crippen LogP contribution in [-0.2, 0) is 0 Å². The fourth-order valence-electron chi connectivity index (χ4n) is 2.97. The van der Waals surface area contributed by atoms with Crippen molar-refractivity contribution in [2.75, 3.05) is 23.8 Å². The molecule has 0 aliphatic carbocycles. The summed E-state index contributed by atoms with van der Waals surface area (Å²) >= 11 is 0. The van der Waals surface area contributed by atoms with Crippen LogP contribution < -0.4 is 20.1 Å². The lowest BCUT2D eigenvalue weighted by molar-refractivity contribution is 0.102. The van der Waals surface area contributed by atoms with Crippen molar-refractivity contribution in [3.63, 3.8) is 0 Å². The molecule has 1 aromatic heterocycles. The first kappa shape index (κ1) is 17.9. The first-order chi connectivity index (χ1) is 13.6. The van der Waals surface area contributed by atoms with Crippen LogP contribution in [-0.4, -0.2) is 24.1 Å². The third kappa shape index (κ3) is 3.91. The second-order valence-corrected chi connectivity index (χ2v) is 6.69. The molecule has 6 heteroatoms. The van der Waals surface area contributed by atoms with Crippen molar-refractivity contribution in [2.45, 2.75) is 13.8 Å². The van der Waals surface area contributed by atoms with Crippen LogP contribution in [0.5, 0.6) is 11.5 Å². The average molecular weight is 375 g/mol. The van der Waals surface area contributed by atoms with Crippen LogP contribution in [0.15, 0.2) is 54.7 Å². The van der Waals surface area contributed by atoms with E-state index in [9.17, 15) is 4.79 Å². The predicted octanol–water partition coefficient (Wildman–Crippen LogP) is 4.47. The van der Waals surface area contributed by atoms with Crippen LogP contribution in [0.25, 0.3) is 0 Å². The maximum absolute atomic E-state index is 12.6. The summed E-state index contributed by atoms with van der Waals surface area (Å²) < 4.78 is 11.1. The zero-order valence-electron chi connectivity index (χ0n) is 15.8. The summed E-state index contributed by atoms with van der Waals surface area (Å²) in [6.45, 7) is 5.11. The third-order valence-electron chi connectivity index (χ3n) is 4.46. The summed E-state index contributed by atoms with van der Waals surface area (Å²) in [7, 11) is 0. The standard InChI is InChI=1S/C22H21N3O3/c1-14-3-4-15(2)18(11-14)24-17-7-8-23-19(12-17)22(26)25-16-5-6-20-21(13-16)28-10-9-27-20/h3-8,11-13H,9-10H2,1-2H3,(H,23,24)(H,25,26). The van der Waals surface area contributed by atoms with E-state index in [1.807, 2.05) is 19.9 Å². The number of ether oxygens (including phenoxy) is 2. The molecule has 0 spiro atoms. The van der Waals surface area contributed by atoms with Gasteiger partial charge in [-0.1, -0.05) is 12.1 Å². The minimum atomic E-state index is -0.290. The molecular weight excluding hydrogens is 354 g/mol. The van der Waals surface area contributed by atoms with Gasteiger partial charge in [0.25, 0.3) is 5.91 Å². The van der Waals surface area contributed by atoms with Crippen LogP contribution in [0.4, 0.5) is 17.1 Å². The van der Waals surface area contributed by atoms with E-state index in [0.29, 0.717) is 36.1 Å². The van der Waals surface area contributed by atoms with Crippen molar-refractivity contribution in [3.8, 4) is 11.5 Å². The molecule has 4 rings (SSSR count). The Hall–Kier alpha value is -3.54. The summed E-state index contributed by atoms with van der Waals surface area (Å²) in [5, 5.41) is 6.21. The average Bonchev–Trinajstić information content (AvgIpc) is 2.71. The Labute approximate surface area is 163 Å². The van der Waals surface area contributed by atoms with Crippen LogP contribution in [0.2, 0.25) is 0 Å². The molecule has 1 aliphatic rings. The minimum Gasteiger partial charge on any atom is -0.486 e. The molecule has 0 unspecified atom stereocenters. The SMILES string of the molecule is Cc1ccc(C)c(Nc2ccnc(C(=O)Nc3ccc4c(c3)OCCO4)c2)c1. The van der Waals surface area contributed by atoms with Crippen LogP contribution in [0.1, 0.15) is 21.6 Å². The molecule has 2 N–H and O–H groups in total. The zero-order chi connectivity index (χ0) is 19.5. The molecule has 2 heterocycles. The third-order valence-corrected chi connectivity index (χ3v) is 4.46. The highest BCUT2D eigenvalue weighted by molar-refractivity contribution is 6.03. The Morgan fingerprint density at radius 1 is 0.929 bits per heavy atom. The lowest BCUT2D eigenvalue weighted by Crippen LogP contribution is -2.17. The number of benzene rings is 2. The van der Waals surface area contributed by atoms with Gasteiger partial charge in [-0.15, -0.1) is 0 Å². The molecule has 6 nitrogen and oxygen atoms in total. The second-order valence-electron chi connectivity index (χ2n) is 6.69. The smallest absolute Gasteiger partial charge is 0.274 e. The van der Waals surface area contributed by atoms with E-state index < -0.39 is 0 Å². The number of carbonyl (C=O) groups is 1. The number of aryl methyl sites for hydroxylation is 2. The first-order valence-corrected chi connectivity index (χ1v) is 9.10. The summed E-state index contributed by atoms with van der Waals surface area (Å²) in [5.74, 6) is 1.02. The Balaban J connectivity index is 1.51. The van der Waals surface area contributed by atoms with Crippen molar-refractivity contribution in [2.24, 2.45) is 0 Å². The Morgan fingerprint density at radius 2 is 1.75 bits per heavy atom. The largest absolute Gasteiger partial charge is 0.486 e. The fourth-order valence-corrected chi connectivity index (χ4v) is 2.97. The lowest BCUT2D eigenvalue weighted by atomic mass is 10.1. The predicted molar refractivity (Wildman–Crippen MR) is 109 cm³/mol. The highest BCUT2D eigenvalue weighted by Crippen LogP contribution is 2.32. The van der Waals surface area contributed by atoms with Crippen molar-refractivity contribution < 1.29 is 14.3 Å². The summed E-state index contributed by atoms with van der Waals surface area (Å²) in [5.41, 5.74) is 5.05. The molecular formula is C22H21N3O3. The molecule has 0 saturated carbocycles. The van der Waals surface area contributed by atoms with E-state index >= 15 is 0 Å². The highest BCUT2D eigenvalue weighted by atomic mass is 16.6. The van der Waals surface area contributed by atoms with Gasteiger partial charge in [0.05, 0.1) is 0 Å². The van der Waals surface area contributed by atoms with Gasteiger partial charge in [-0.05, 0) is 55.3 Å². The van der Waals surface area contributed by atoms with Gasteiger partial charge in [-0.25, -0.2) is 0 Å². The molecule has 0 fully saturated rings. The zero-order valence-corrected chi connectivity index (χ0v) is 15.8. The van der Waals surface area contributed by atoms with Crippen molar-refractivity contribution in [3.05, 3.63) is 71.5 Å². The lowest BCUT2D eigenvalue weighted by Gasteiger charge is -2.19. The number of hydrogen-bond acceptors (Lipinski definition) is 5. The maximum atomic E-state index is 12.6. The molecule has 0 bridgehead atoms. The number of pyridine rings is 1. The fraction of sp³-hybridized carbons (Fsp3) is 0.182. The number of nitrogens with one attached hydrogen (secondary N) is 2. The van der Waals surface area contributed by atoms with Gasteiger partial charge in [0.2, 0.25) is 0 Å². The van der Waals surface area contributed by atoms with Crippen LogP contribution >= 0.6 is 0 Å². The van der Waals surface area contributed by atoms with Crippen LogP contribution in [0, 0.1) is 13.8 Å². The van der Waals surface area contributed by atoms with E-state index in [4.69, 9.17) is 9.47 Å². The topological polar surface area (TPSA) is 72.5 Å². The molecule has 28 heavy (non-hydrogen) atoms. The van der Waals surface area contributed by atoms with E-state index in [1.165, 1.54) is 5.56 Å². The van der Waals surface area contributed by atoms with Gasteiger partial charge >= 0.3 is 0 Å². The Morgan fingerprint density at radius 3 is 2.61 bits per heavy atom. The number of carbonyl (C=O) groups excluding carboxylic acids is 1. The number of amides is 1. The first-order valence-electron chi connectivity index (χ1n) is 9.10. The van der Waals surface area contributed by atoms with Gasteiger partial charge < -0.3 is 20.1 Å². The molecule has 1 amide bonds. The second kappa shape index (κ2) is 7.60. The number of anilines is 3. The quantitative estimate of drug-likeness (QED) is 0.704. The van der Waals surface area contributed by atoms with Gasteiger partial charge in [-0.2, -0.15) is 0 Å². The number of hydrogen-bond donors (Lipinski definition) is 2. The van der Waals surface area contributed by atoms with Gasteiger partial charge in [0, 0.05) is 29.3 Å². The van der Waals surface area contributed by atoms with E-state index in [2.05, 4.69) is 33.8 Å². The van der Waals surface area contributed by atoms with E-state index in [0.717, 1.165) is 16.9 Å². The molecule has 3 aromatic rings. The summed E-state index contributed by atoms with van der Waals surface area (Å²) in [6.07, 6.45) is 1.62. The number of rotatable bonds is 4. The monoisotopic (exact) mass is 375 g/mol. The molecule has 0 radical (unpaired) electrons. The Bertz CT molecular complexity index is 1030. The number of aromatic nitrogens is 1. The molecule has 0 atom stereocenters. The maximum Gasteiger partial charge on any atom is 0.274 e. The molecule has 1 aliphatic heterocycles. The van der Waals surface area contributed by atoms with Crippen molar-refractivity contribution in [1.29, 1.82) is 0 Å². The molecule has 0 saturated heterocycles. The number of fused-ring (bicyclic) bond motifs is 1. The normalized spacial score (nSPS) is 12.4. The summed E-state index contributed by atoms with van der Waals surface area (Å²) in [6, 6.07) is 15.1. The van der Waals surface area contributed by atoms with Crippen LogP contribution in [0.3, 0.4) is 0 Å². The molecule has 2 aromatic carbocycles. The molecule has 142 valence electrons. The summed E-state index contributed by atoms with van der Waals surface area (Å²) in [4.78, 5) is 16.8. The highest BCUT2D eigenvalue weighted by Gasteiger charge is 2.14. The minimum absolute atomic E-state index is 0.290. The van der Waals surface area contributed by atoms with Crippen molar-refractivity contribution >= 4 is 23.0 Å². The van der Waals surface area contributed by atoms with Gasteiger partial charge in [0.15, 0.2) is 11.5 Å². The van der Waals surface area contributed by atoms with E-state index in [1.54, 1.807) is 30.5 Å². The Kier molecular flexibility index (Phi) is 4.85. The van der Waals surface area contributed by atoms with Gasteiger partial charge in [0.1, 0.15) is 18.9 Å². The number of nitrogens with zero attached hydrogens (tertiary/aromatic N) is 1. The van der Waals surface area contributed by atoms with E-state index in [-0.39, 0.29) is 5.91 Å². The van der Waals surface area contributed by atoms with Gasteiger partial charge in [-0.3, -0.25) is 9.78 Å².